The maximum atomic E-state index is 8.27. The van der Waals surface area contributed by atoms with Gasteiger partial charge < -0.3 is 0 Å². The van der Waals surface area contributed by atoms with Gasteiger partial charge in [0.25, 0.3) is 0 Å². The van der Waals surface area contributed by atoms with Gasteiger partial charge in [0.1, 0.15) is 0 Å². The number of hydrogen-bond donors (Lipinski definition) is 0. The van der Waals surface area contributed by atoms with E-state index in [2.05, 4.69) is 169 Å². The van der Waals surface area contributed by atoms with Gasteiger partial charge >= 0.3 is 0 Å². The Bertz CT molecular complexity index is 3340. The second kappa shape index (κ2) is 14.6. The van der Waals surface area contributed by atoms with Crippen LogP contribution in [0.15, 0.2) is 218 Å². The van der Waals surface area contributed by atoms with E-state index in [-0.39, 0.29) is 0 Å². The first-order chi connectivity index (χ1) is 31.2. The third-order valence-electron chi connectivity index (χ3n) is 12.8. The number of rotatable bonds is 6. The van der Waals surface area contributed by atoms with Gasteiger partial charge in [-0.2, -0.15) is 0 Å². The smallest absolute Gasteiger partial charge is 0.195 e. The fourth-order valence-electron chi connectivity index (χ4n) is 9.96. The van der Waals surface area contributed by atoms with Crippen LogP contribution in [0.3, 0.4) is 0 Å². The van der Waals surface area contributed by atoms with Gasteiger partial charge in [0.2, 0.25) is 0 Å². The molecule has 0 N–H and O–H groups in total. The summed E-state index contributed by atoms with van der Waals surface area (Å²) in [7, 11) is 0. The maximum Gasteiger partial charge on any atom is 0.195 e. The molecule has 4 heteroatoms. The number of hydrogen-bond acceptors (Lipinski definition) is 3. The van der Waals surface area contributed by atoms with E-state index in [9.17, 15) is 0 Å². The summed E-state index contributed by atoms with van der Waals surface area (Å²) in [5, 5.41) is 0. The molecule has 0 saturated carbocycles. The molecule has 0 unspecified atom stereocenters. The topological polar surface area (TPSA) is 43.0 Å². The summed E-state index contributed by atoms with van der Waals surface area (Å²) in [6.45, 7) is 8.27. The summed E-state index contributed by atoms with van der Waals surface area (Å²) < 4.78 is 0. The first-order valence-corrected chi connectivity index (χ1v) is 21.2. The number of aromatic nitrogens is 3. The zero-order valence-corrected chi connectivity index (χ0v) is 34.1. The van der Waals surface area contributed by atoms with Gasteiger partial charge in [-0.05, 0) is 102 Å². The molecule has 2 aliphatic carbocycles. The maximum absolute atomic E-state index is 8.27. The van der Waals surface area contributed by atoms with E-state index in [0.717, 1.165) is 61.2 Å². The summed E-state index contributed by atoms with van der Waals surface area (Å²) >= 11 is 0. The molecule has 0 fully saturated rings. The predicted octanol–water partition coefficient (Wildman–Crippen LogP) is 14.8. The van der Waals surface area contributed by atoms with Crippen molar-refractivity contribution in [2.24, 2.45) is 0 Å². The van der Waals surface area contributed by atoms with Crippen molar-refractivity contribution in [2.45, 2.75) is 5.41 Å². The summed E-state index contributed by atoms with van der Waals surface area (Å²) in [5.41, 5.74) is 19.0. The lowest BCUT2D eigenvalue weighted by Crippen LogP contribution is -2.25. The van der Waals surface area contributed by atoms with Crippen LogP contribution in [-0.4, -0.2) is 15.0 Å². The molecule has 0 atom stereocenters. The Morgan fingerprint density at radius 2 is 0.714 bits per heavy atom. The molecule has 0 radical (unpaired) electrons. The largest absolute Gasteiger partial charge is 0.238 e. The highest BCUT2D eigenvalue weighted by Crippen LogP contribution is 2.64. The van der Waals surface area contributed by atoms with Crippen LogP contribution in [0, 0.1) is 6.57 Å². The van der Waals surface area contributed by atoms with E-state index in [1.165, 1.54) is 33.4 Å². The predicted molar refractivity (Wildman–Crippen MR) is 255 cm³/mol. The molecule has 0 amide bonds. The summed E-state index contributed by atoms with van der Waals surface area (Å²) in [5.74, 6) is 1.82. The van der Waals surface area contributed by atoms with Crippen LogP contribution in [0.1, 0.15) is 22.3 Å². The quantitative estimate of drug-likeness (QED) is 0.157. The van der Waals surface area contributed by atoms with Gasteiger partial charge in [0.15, 0.2) is 23.2 Å². The molecule has 10 aromatic rings. The summed E-state index contributed by atoms with van der Waals surface area (Å²) in [4.78, 5) is 19.5. The van der Waals surface area contributed by atoms with Gasteiger partial charge in [0.05, 0.1) is 12.0 Å². The Hall–Kier alpha value is -8.52. The van der Waals surface area contributed by atoms with E-state index in [4.69, 9.17) is 21.5 Å². The van der Waals surface area contributed by atoms with Crippen molar-refractivity contribution in [3.63, 3.8) is 0 Å². The van der Waals surface area contributed by atoms with Gasteiger partial charge in [-0.15, -0.1) is 0 Å². The van der Waals surface area contributed by atoms with Crippen molar-refractivity contribution < 1.29 is 0 Å². The monoisotopic (exact) mass is 800 g/mol. The Kier molecular flexibility index (Phi) is 8.42. The lowest BCUT2D eigenvalue weighted by molar-refractivity contribution is 0.794. The fourth-order valence-corrected chi connectivity index (χ4v) is 9.96. The van der Waals surface area contributed by atoms with Crippen LogP contribution in [0.5, 0.6) is 0 Å². The number of benzene rings is 9. The molecular formula is C59H36N4. The average molecular weight is 801 g/mol. The van der Waals surface area contributed by atoms with Crippen LogP contribution < -0.4 is 0 Å². The lowest BCUT2D eigenvalue weighted by Gasteiger charge is -2.30. The van der Waals surface area contributed by atoms with Crippen molar-refractivity contribution >= 4 is 5.69 Å². The third-order valence-corrected chi connectivity index (χ3v) is 12.8. The molecule has 9 aromatic carbocycles. The highest BCUT2D eigenvalue weighted by molar-refractivity contribution is 6.00. The molecule has 2 aliphatic rings. The van der Waals surface area contributed by atoms with Crippen molar-refractivity contribution in [3.8, 4) is 89.8 Å². The van der Waals surface area contributed by atoms with Crippen LogP contribution >= 0.6 is 0 Å². The minimum absolute atomic E-state index is 0.504. The van der Waals surface area contributed by atoms with Crippen LogP contribution in [0.4, 0.5) is 5.69 Å². The lowest BCUT2D eigenvalue weighted by atomic mass is 9.70. The van der Waals surface area contributed by atoms with Crippen LogP contribution in [0.2, 0.25) is 0 Å². The van der Waals surface area contributed by atoms with Gasteiger partial charge in [-0.25, -0.2) is 19.8 Å². The summed E-state index contributed by atoms with van der Waals surface area (Å²) in [6, 6.07) is 76.7. The second-order valence-electron chi connectivity index (χ2n) is 16.2. The molecule has 1 aromatic heterocycles. The molecule has 12 rings (SSSR count). The molecule has 0 aliphatic heterocycles. The molecule has 1 spiro atoms. The normalized spacial score (nSPS) is 12.6. The minimum atomic E-state index is -0.504. The molecule has 0 bridgehead atoms. The first-order valence-electron chi connectivity index (χ1n) is 21.2. The highest BCUT2D eigenvalue weighted by atomic mass is 15.0. The van der Waals surface area contributed by atoms with E-state index in [0.29, 0.717) is 23.2 Å². The van der Waals surface area contributed by atoms with Crippen molar-refractivity contribution in [2.75, 3.05) is 0 Å². The van der Waals surface area contributed by atoms with Crippen LogP contribution in [0.25, 0.3) is 94.6 Å². The SMILES string of the molecule is [C-]#[N+]c1cccc2c1-c1cc(-c3ccc(-c4nc(-c5ccccc5)nc(-c5cc(-c6ccccc6)cc(-c6ccccc6)c5)n4)cc3)ccc1C21c2ccccc2-c2ccccc21. The van der Waals surface area contributed by atoms with Crippen molar-refractivity contribution in [1.82, 2.24) is 15.0 Å². The number of nitrogens with zero attached hydrogens (tertiary/aromatic N) is 4. The van der Waals surface area contributed by atoms with E-state index < -0.39 is 5.41 Å². The molecule has 0 saturated heterocycles. The van der Waals surface area contributed by atoms with Crippen LogP contribution in [-0.2, 0) is 5.41 Å². The number of fused-ring (bicyclic) bond motifs is 10. The van der Waals surface area contributed by atoms with Crippen molar-refractivity contribution in [1.29, 1.82) is 0 Å². The van der Waals surface area contributed by atoms with E-state index in [1.807, 2.05) is 54.6 Å². The Morgan fingerprint density at radius 1 is 0.302 bits per heavy atom. The highest BCUT2D eigenvalue weighted by Gasteiger charge is 2.52. The average Bonchev–Trinajstić information content (AvgIpc) is 3.84. The van der Waals surface area contributed by atoms with E-state index in [1.54, 1.807) is 0 Å². The molecule has 4 nitrogen and oxygen atoms in total. The van der Waals surface area contributed by atoms with Gasteiger partial charge in [-0.1, -0.05) is 194 Å². The van der Waals surface area contributed by atoms with Gasteiger partial charge in [-0.3, -0.25) is 0 Å². The zero-order chi connectivity index (χ0) is 41.9. The molecule has 63 heavy (non-hydrogen) atoms. The minimum Gasteiger partial charge on any atom is -0.238 e. The van der Waals surface area contributed by atoms with Gasteiger partial charge in [0, 0.05) is 16.7 Å². The zero-order valence-electron chi connectivity index (χ0n) is 34.1. The molecular weight excluding hydrogens is 765 g/mol. The Balaban J connectivity index is 0.980. The Morgan fingerprint density at radius 3 is 1.29 bits per heavy atom. The Labute approximate surface area is 366 Å². The third kappa shape index (κ3) is 5.79. The first kappa shape index (κ1) is 36.3. The van der Waals surface area contributed by atoms with Crippen molar-refractivity contribution in [3.05, 3.63) is 252 Å². The van der Waals surface area contributed by atoms with E-state index >= 15 is 0 Å². The summed E-state index contributed by atoms with van der Waals surface area (Å²) in [6.07, 6.45) is 0. The second-order valence-corrected chi connectivity index (χ2v) is 16.2. The molecule has 1 heterocycles. The molecule has 292 valence electrons. The standard InChI is InChI=1S/C59H36N4/c1-60-54-27-15-26-53-55(54)49-37-43(32-33-52(49)59(53)50-24-13-11-22-47(50)48-23-12-14-25-51(48)59)40-28-30-42(31-29-40)57-61-56(41-20-9-4-10-21-41)62-58(63-57)46-35-44(38-16-5-2-6-17-38)34-45(36-46)39-18-7-3-8-19-39/h2-37H. The fraction of sp³-hybridized carbons (Fsp3) is 0.0169.